The minimum absolute atomic E-state index is 0.0843. The zero-order valence-corrected chi connectivity index (χ0v) is 23.1. The van der Waals surface area contributed by atoms with Gasteiger partial charge in [0.05, 0.1) is 42.6 Å². The standard InChI is InChI=1S/C32H35N5O3/c1-23-5-3-7-27(21-23)37-30(12-9-24-6-4-8-31(33-24)39-2)34-29-11-10-26(22-28(29)32(37)38)35-15-13-25(14-16-35)36-17-19-40-20-18-36/h3-12,21-22,25H,13-20H2,1-2H3/b12-9+. The number of hydrogen-bond donors (Lipinski definition) is 0. The second kappa shape index (κ2) is 11.6. The topological polar surface area (TPSA) is 72.7 Å². The van der Waals surface area contributed by atoms with E-state index in [1.54, 1.807) is 17.7 Å². The summed E-state index contributed by atoms with van der Waals surface area (Å²) in [5.74, 6) is 1.08. The van der Waals surface area contributed by atoms with Crippen LogP contribution in [0.2, 0.25) is 0 Å². The molecule has 8 nitrogen and oxygen atoms in total. The largest absolute Gasteiger partial charge is 0.481 e. The number of morpholine rings is 1. The second-order valence-electron chi connectivity index (χ2n) is 10.5. The number of anilines is 1. The van der Waals surface area contributed by atoms with Gasteiger partial charge in [-0.3, -0.25) is 14.3 Å². The molecule has 0 unspecified atom stereocenters. The maximum atomic E-state index is 14.1. The predicted octanol–water partition coefficient (Wildman–Crippen LogP) is 4.57. The summed E-state index contributed by atoms with van der Waals surface area (Å²) in [7, 11) is 1.59. The van der Waals surface area contributed by atoms with Crippen molar-refractivity contribution >= 4 is 28.7 Å². The average Bonchev–Trinajstić information content (AvgIpc) is 3.00. The first kappa shape index (κ1) is 26.2. The van der Waals surface area contributed by atoms with Gasteiger partial charge in [-0.25, -0.2) is 9.97 Å². The molecule has 0 spiro atoms. The Morgan fingerprint density at radius 2 is 1.70 bits per heavy atom. The molecule has 0 atom stereocenters. The number of hydrogen-bond acceptors (Lipinski definition) is 7. The first-order chi connectivity index (χ1) is 19.6. The molecule has 2 aromatic carbocycles. The van der Waals surface area contributed by atoms with Crippen molar-refractivity contribution in [3.63, 3.8) is 0 Å². The highest BCUT2D eigenvalue weighted by Crippen LogP contribution is 2.26. The maximum Gasteiger partial charge on any atom is 0.266 e. The Bertz CT molecular complexity index is 1580. The van der Waals surface area contributed by atoms with Crippen LogP contribution < -0.4 is 15.2 Å². The van der Waals surface area contributed by atoms with E-state index in [0.717, 1.165) is 74.9 Å². The summed E-state index contributed by atoms with van der Waals surface area (Å²) in [6.07, 6.45) is 5.93. The minimum atomic E-state index is -0.0843. The SMILES string of the molecule is COc1cccc(/C=C/c2nc3ccc(N4CCC(N5CCOCC5)CC4)cc3c(=O)n2-c2cccc(C)c2)n1. The van der Waals surface area contributed by atoms with Crippen LogP contribution in [0, 0.1) is 6.92 Å². The third-order valence-electron chi connectivity index (χ3n) is 7.89. The highest BCUT2D eigenvalue weighted by molar-refractivity contribution is 5.83. The fraction of sp³-hybridized carbons (Fsp3) is 0.344. The van der Waals surface area contributed by atoms with E-state index in [-0.39, 0.29) is 5.56 Å². The van der Waals surface area contributed by atoms with Crippen LogP contribution in [0.15, 0.2) is 65.5 Å². The number of methoxy groups -OCH3 is 1. The van der Waals surface area contributed by atoms with Gasteiger partial charge in [-0.2, -0.15) is 0 Å². The number of rotatable bonds is 6. The van der Waals surface area contributed by atoms with Crippen molar-refractivity contribution in [2.24, 2.45) is 0 Å². The summed E-state index contributed by atoms with van der Waals surface area (Å²) in [6, 6.07) is 20.2. The third kappa shape index (κ3) is 5.50. The fourth-order valence-electron chi connectivity index (χ4n) is 5.74. The predicted molar refractivity (Wildman–Crippen MR) is 159 cm³/mol. The van der Waals surface area contributed by atoms with E-state index in [1.165, 1.54) is 0 Å². The molecule has 2 saturated heterocycles. The Kier molecular flexibility index (Phi) is 7.62. The van der Waals surface area contributed by atoms with Crippen molar-refractivity contribution in [3.8, 4) is 11.6 Å². The molecule has 0 aliphatic carbocycles. The molecule has 0 bridgehead atoms. The van der Waals surface area contributed by atoms with Gasteiger partial charge in [-0.05, 0) is 73.9 Å². The number of pyridine rings is 1. The second-order valence-corrected chi connectivity index (χ2v) is 10.5. The van der Waals surface area contributed by atoms with E-state index in [1.807, 2.05) is 67.6 Å². The first-order valence-corrected chi connectivity index (χ1v) is 14.0. The Morgan fingerprint density at radius 3 is 2.48 bits per heavy atom. The molecule has 2 aliphatic heterocycles. The van der Waals surface area contributed by atoms with Crippen LogP contribution in [-0.4, -0.2) is 72.0 Å². The van der Waals surface area contributed by atoms with E-state index < -0.39 is 0 Å². The van der Waals surface area contributed by atoms with Gasteiger partial charge in [0.1, 0.15) is 5.82 Å². The van der Waals surface area contributed by atoms with Crippen LogP contribution >= 0.6 is 0 Å². The summed E-state index contributed by atoms with van der Waals surface area (Å²) < 4.78 is 12.5. The van der Waals surface area contributed by atoms with E-state index in [4.69, 9.17) is 14.5 Å². The monoisotopic (exact) mass is 537 g/mol. The molecule has 2 fully saturated rings. The first-order valence-electron chi connectivity index (χ1n) is 14.0. The van der Waals surface area contributed by atoms with Crippen LogP contribution in [0.25, 0.3) is 28.7 Å². The summed E-state index contributed by atoms with van der Waals surface area (Å²) in [4.78, 5) is 28.5. The summed E-state index contributed by atoms with van der Waals surface area (Å²) in [6.45, 7) is 7.68. The van der Waals surface area contributed by atoms with Crippen LogP contribution in [-0.2, 0) is 4.74 Å². The maximum absolute atomic E-state index is 14.1. The Morgan fingerprint density at radius 1 is 0.900 bits per heavy atom. The smallest absolute Gasteiger partial charge is 0.266 e. The van der Waals surface area contributed by atoms with Crippen molar-refractivity contribution in [1.82, 2.24) is 19.4 Å². The van der Waals surface area contributed by atoms with E-state index in [0.29, 0.717) is 28.6 Å². The molecule has 6 rings (SSSR count). The quantitative estimate of drug-likeness (QED) is 0.357. The average molecular weight is 538 g/mol. The summed E-state index contributed by atoms with van der Waals surface area (Å²) in [5.41, 5.74) is 4.25. The summed E-state index contributed by atoms with van der Waals surface area (Å²) in [5, 5.41) is 0.617. The zero-order valence-electron chi connectivity index (χ0n) is 23.1. The van der Waals surface area contributed by atoms with Gasteiger partial charge in [-0.1, -0.05) is 18.2 Å². The molecule has 4 aromatic rings. The van der Waals surface area contributed by atoms with Crippen LogP contribution in [0.5, 0.6) is 5.88 Å². The normalized spacial score (nSPS) is 17.1. The molecule has 4 heterocycles. The van der Waals surface area contributed by atoms with Gasteiger partial charge in [0.25, 0.3) is 5.56 Å². The molecule has 0 amide bonds. The van der Waals surface area contributed by atoms with Crippen molar-refractivity contribution in [3.05, 3.63) is 88.1 Å². The molecule has 2 aromatic heterocycles. The zero-order chi connectivity index (χ0) is 27.5. The molecular weight excluding hydrogens is 502 g/mol. The molecule has 2 aliphatic rings. The molecule has 0 saturated carbocycles. The molecule has 0 N–H and O–H groups in total. The number of piperidine rings is 1. The van der Waals surface area contributed by atoms with Crippen LogP contribution in [0.1, 0.15) is 29.9 Å². The number of benzene rings is 2. The van der Waals surface area contributed by atoms with Crippen molar-refractivity contribution < 1.29 is 9.47 Å². The Labute approximate surface area is 234 Å². The van der Waals surface area contributed by atoms with Gasteiger partial charge in [-0.15, -0.1) is 0 Å². The lowest BCUT2D eigenvalue weighted by Gasteiger charge is -2.40. The number of nitrogens with zero attached hydrogens (tertiary/aromatic N) is 5. The number of aryl methyl sites for hydroxylation is 1. The van der Waals surface area contributed by atoms with Gasteiger partial charge < -0.3 is 14.4 Å². The molecular formula is C32H35N5O3. The Balaban J connectivity index is 1.35. The van der Waals surface area contributed by atoms with E-state index >= 15 is 0 Å². The fourth-order valence-corrected chi connectivity index (χ4v) is 5.74. The van der Waals surface area contributed by atoms with Crippen molar-refractivity contribution in [2.75, 3.05) is 51.4 Å². The van der Waals surface area contributed by atoms with Crippen molar-refractivity contribution in [2.45, 2.75) is 25.8 Å². The summed E-state index contributed by atoms with van der Waals surface area (Å²) >= 11 is 0. The van der Waals surface area contributed by atoms with E-state index in [9.17, 15) is 4.79 Å². The molecule has 8 heteroatoms. The number of fused-ring (bicyclic) bond motifs is 1. The van der Waals surface area contributed by atoms with E-state index in [2.05, 4.69) is 20.9 Å². The minimum Gasteiger partial charge on any atom is -0.481 e. The van der Waals surface area contributed by atoms with Gasteiger partial charge in [0, 0.05) is 44.0 Å². The third-order valence-corrected chi connectivity index (χ3v) is 7.89. The van der Waals surface area contributed by atoms with Crippen molar-refractivity contribution in [1.29, 1.82) is 0 Å². The van der Waals surface area contributed by atoms with Crippen LogP contribution in [0.4, 0.5) is 5.69 Å². The highest BCUT2D eigenvalue weighted by atomic mass is 16.5. The number of aromatic nitrogens is 3. The lowest BCUT2D eigenvalue weighted by Crippen LogP contribution is -2.49. The highest BCUT2D eigenvalue weighted by Gasteiger charge is 2.26. The van der Waals surface area contributed by atoms with Gasteiger partial charge >= 0.3 is 0 Å². The Hall–Kier alpha value is -4.01. The lowest BCUT2D eigenvalue weighted by molar-refractivity contribution is 0.0115. The van der Waals surface area contributed by atoms with Gasteiger partial charge in [0.15, 0.2) is 0 Å². The molecule has 0 radical (unpaired) electrons. The molecule has 40 heavy (non-hydrogen) atoms. The lowest BCUT2D eigenvalue weighted by atomic mass is 10.0. The van der Waals surface area contributed by atoms with Gasteiger partial charge in [0.2, 0.25) is 5.88 Å². The van der Waals surface area contributed by atoms with Crippen LogP contribution in [0.3, 0.4) is 0 Å². The molecule has 206 valence electrons. The number of ether oxygens (including phenoxy) is 2.